The maximum atomic E-state index is 13.2. The number of para-hydroxylation sites is 1. The van der Waals surface area contributed by atoms with Crippen molar-refractivity contribution in [3.8, 4) is 0 Å². The molecule has 6 nitrogen and oxygen atoms in total. The van der Waals surface area contributed by atoms with Crippen molar-refractivity contribution in [2.45, 2.75) is 32.2 Å². The van der Waals surface area contributed by atoms with Crippen molar-refractivity contribution in [3.63, 3.8) is 0 Å². The van der Waals surface area contributed by atoms with Crippen LogP contribution >= 0.6 is 0 Å². The number of hydrogen-bond acceptors (Lipinski definition) is 3. The highest BCUT2D eigenvalue weighted by molar-refractivity contribution is 5.95. The van der Waals surface area contributed by atoms with Gasteiger partial charge in [0, 0.05) is 37.4 Å². The number of nitrogens with zero attached hydrogens (tertiary/aromatic N) is 5. The number of aromatic nitrogens is 4. The molecule has 1 aromatic carbocycles. The number of anilines is 1. The summed E-state index contributed by atoms with van der Waals surface area (Å²) in [5.74, 6) is 0.0972. The number of fused-ring (bicyclic) bond motifs is 1. The Balaban J connectivity index is 1.62. The smallest absolute Gasteiger partial charge is 0.233 e. The Hall–Kier alpha value is -2.89. The predicted octanol–water partition coefficient (Wildman–Crippen LogP) is 2.55. The van der Waals surface area contributed by atoms with Gasteiger partial charge in [0.15, 0.2) is 0 Å². The Bertz CT molecular complexity index is 912. The zero-order valence-corrected chi connectivity index (χ0v) is 15.2. The zero-order chi connectivity index (χ0) is 18.1. The molecule has 1 amide bonds. The third-order valence-electron chi connectivity index (χ3n) is 5.05. The molecule has 0 fully saturated rings. The van der Waals surface area contributed by atoms with Gasteiger partial charge in [0.25, 0.3) is 0 Å². The monoisotopic (exact) mass is 349 g/mol. The standard InChI is InChI=1S/C20H23N5O/c1-3-16-12-17(23(2)22-16)13-20(26)24-14-18(25-10-6-9-21-25)11-15-7-4-5-8-19(15)24/h4-10,12,18H,3,11,13-14H2,1-2H3. The second-order valence-corrected chi connectivity index (χ2v) is 6.76. The fourth-order valence-corrected chi connectivity index (χ4v) is 3.64. The van der Waals surface area contributed by atoms with Gasteiger partial charge in [0.2, 0.25) is 5.91 Å². The molecule has 1 atom stereocenters. The normalized spacial score (nSPS) is 16.5. The molecule has 3 heterocycles. The fraction of sp³-hybridized carbons (Fsp3) is 0.350. The van der Waals surface area contributed by atoms with Crippen molar-refractivity contribution < 1.29 is 4.79 Å². The Morgan fingerprint density at radius 1 is 1.27 bits per heavy atom. The molecule has 0 N–H and O–H groups in total. The molecule has 3 aromatic rings. The molecule has 0 saturated carbocycles. The van der Waals surface area contributed by atoms with E-state index in [1.807, 2.05) is 57.8 Å². The van der Waals surface area contributed by atoms with E-state index in [2.05, 4.69) is 23.2 Å². The summed E-state index contributed by atoms with van der Waals surface area (Å²) in [6.45, 7) is 2.71. The summed E-state index contributed by atoms with van der Waals surface area (Å²) in [6, 6.07) is 12.3. The van der Waals surface area contributed by atoms with Crippen LogP contribution in [0.3, 0.4) is 0 Å². The van der Waals surface area contributed by atoms with E-state index in [0.717, 1.165) is 29.9 Å². The summed E-state index contributed by atoms with van der Waals surface area (Å²) in [4.78, 5) is 15.1. The number of carbonyl (C=O) groups is 1. The summed E-state index contributed by atoms with van der Waals surface area (Å²) in [5.41, 5.74) is 4.17. The minimum absolute atomic E-state index is 0.0972. The topological polar surface area (TPSA) is 56.0 Å². The van der Waals surface area contributed by atoms with E-state index in [9.17, 15) is 4.79 Å². The molecule has 6 heteroatoms. The number of amides is 1. The van der Waals surface area contributed by atoms with E-state index in [-0.39, 0.29) is 11.9 Å². The minimum atomic E-state index is 0.0972. The lowest BCUT2D eigenvalue weighted by Crippen LogP contribution is -2.42. The van der Waals surface area contributed by atoms with Crippen LogP contribution in [-0.4, -0.2) is 32.0 Å². The number of rotatable bonds is 4. The molecule has 2 aromatic heterocycles. The Kier molecular flexibility index (Phi) is 4.32. The highest BCUT2D eigenvalue weighted by Gasteiger charge is 2.29. The van der Waals surface area contributed by atoms with E-state index in [1.54, 1.807) is 6.20 Å². The van der Waals surface area contributed by atoms with Crippen LogP contribution in [0.1, 0.15) is 29.9 Å². The highest BCUT2D eigenvalue weighted by Crippen LogP contribution is 2.32. The highest BCUT2D eigenvalue weighted by atomic mass is 16.2. The van der Waals surface area contributed by atoms with Crippen LogP contribution in [0.5, 0.6) is 0 Å². The van der Waals surface area contributed by atoms with E-state index >= 15 is 0 Å². The van der Waals surface area contributed by atoms with E-state index in [4.69, 9.17) is 0 Å². The summed E-state index contributed by atoms with van der Waals surface area (Å²) < 4.78 is 3.77. The average Bonchev–Trinajstić information content (AvgIpc) is 3.31. The fourth-order valence-electron chi connectivity index (χ4n) is 3.64. The van der Waals surface area contributed by atoms with Gasteiger partial charge in [-0.3, -0.25) is 14.2 Å². The van der Waals surface area contributed by atoms with Crippen LogP contribution in [0.2, 0.25) is 0 Å². The lowest BCUT2D eigenvalue weighted by Gasteiger charge is -2.34. The summed E-state index contributed by atoms with van der Waals surface area (Å²) in [7, 11) is 1.90. The van der Waals surface area contributed by atoms with Crippen LogP contribution < -0.4 is 4.90 Å². The molecule has 0 aliphatic carbocycles. The Labute approximate surface area is 153 Å². The molecular weight excluding hydrogens is 326 g/mol. The Morgan fingerprint density at radius 2 is 2.12 bits per heavy atom. The molecule has 134 valence electrons. The molecule has 4 rings (SSSR count). The van der Waals surface area contributed by atoms with Gasteiger partial charge in [0.1, 0.15) is 0 Å². The third kappa shape index (κ3) is 3.03. The molecular formula is C20H23N5O. The van der Waals surface area contributed by atoms with Crippen LogP contribution in [0, 0.1) is 0 Å². The number of carbonyl (C=O) groups excluding carboxylic acids is 1. The first-order valence-electron chi connectivity index (χ1n) is 9.05. The first-order chi connectivity index (χ1) is 12.7. The van der Waals surface area contributed by atoms with Gasteiger partial charge in [0.05, 0.1) is 18.2 Å². The van der Waals surface area contributed by atoms with Crippen molar-refractivity contribution in [1.82, 2.24) is 19.6 Å². The molecule has 26 heavy (non-hydrogen) atoms. The van der Waals surface area contributed by atoms with E-state index < -0.39 is 0 Å². The minimum Gasteiger partial charge on any atom is -0.310 e. The SMILES string of the molecule is CCc1cc(CC(=O)N2CC(n3cccn3)Cc3ccccc32)n(C)n1. The largest absolute Gasteiger partial charge is 0.310 e. The average molecular weight is 349 g/mol. The predicted molar refractivity (Wildman–Crippen MR) is 100 cm³/mol. The van der Waals surface area contributed by atoms with Crippen molar-refractivity contribution in [2.24, 2.45) is 7.05 Å². The first-order valence-corrected chi connectivity index (χ1v) is 9.05. The van der Waals surface area contributed by atoms with Gasteiger partial charge < -0.3 is 4.90 Å². The second-order valence-electron chi connectivity index (χ2n) is 6.76. The lowest BCUT2D eigenvalue weighted by atomic mass is 9.97. The van der Waals surface area contributed by atoms with Gasteiger partial charge in [-0.25, -0.2) is 0 Å². The summed E-state index contributed by atoms with van der Waals surface area (Å²) in [5, 5.41) is 8.84. The maximum Gasteiger partial charge on any atom is 0.233 e. The maximum absolute atomic E-state index is 13.2. The van der Waals surface area contributed by atoms with Crippen LogP contribution in [0.15, 0.2) is 48.8 Å². The van der Waals surface area contributed by atoms with Gasteiger partial charge in [-0.2, -0.15) is 10.2 Å². The molecule has 0 spiro atoms. The van der Waals surface area contributed by atoms with Crippen molar-refractivity contribution in [2.75, 3.05) is 11.4 Å². The van der Waals surface area contributed by atoms with Crippen LogP contribution in [-0.2, 0) is 31.1 Å². The number of aryl methyl sites for hydroxylation is 2. The van der Waals surface area contributed by atoms with Gasteiger partial charge in [-0.05, 0) is 36.6 Å². The zero-order valence-electron chi connectivity index (χ0n) is 15.2. The molecule has 1 aliphatic heterocycles. The molecule has 0 bridgehead atoms. The number of hydrogen-bond donors (Lipinski definition) is 0. The summed E-state index contributed by atoms with van der Waals surface area (Å²) in [6.07, 6.45) is 5.86. The number of benzene rings is 1. The molecule has 0 radical (unpaired) electrons. The second kappa shape index (κ2) is 6.78. The van der Waals surface area contributed by atoms with Crippen LogP contribution in [0.4, 0.5) is 5.69 Å². The van der Waals surface area contributed by atoms with Crippen LogP contribution in [0.25, 0.3) is 0 Å². The summed E-state index contributed by atoms with van der Waals surface area (Å²) >= 11 is 0. The molecule has 1 aliphatic rings. The van der Waals surface area contributed by atoms with Gasteiger partial charge >= 0.3 is 0 Å². The van der Waals surface area contributed by atoms with Crippen molar-refractivity contribution >= 4 is 11.6 Å². The van der Waals surface area contributed by atoms with Crippen molar-refractivity contribution in [3.05, 3.63) is 65.7 Å². The quantitative estimate of drug-likeness (QED) is 0.727. The molecule has 0 saturated heterocycles. The van der Waals surface area contributed by atoms with Gasteiger partial charge in [-0.15, -0.1) is 0 Å². The van der Waals surface area contributed by atoms with E-state index in [1.165, 1.54) is 5.56 Å². The Morgan fingerprint density at radius 3 is 2.85 bits per heavy atom. The van der Waals surface area contributed by atoms with Crippen molar-refractivity contribution in [1.29, 1.82) is 0 Å². The third-order valence-corrected chi connectivity index (χ3v) is 5.05. The van der Waals surface area contributed by atoms with E-state index in [0.29, 0.717) is 13.0 Å². The molecule has 1 unspecified atom stereocenters. The van der Waals surface area contributed by atoms with Gasteiger partial charge in [-0.1, -0.05) is 25.1 Å². The first kappa shape index (κ1) is 16.6. The lowest BCUT2D eigenvalue weighted by molar-refractivity contribution is -0.118.